The molecule has 1 aromatic heterocycles. The maximum atomic E-state index is 12.6. The molecule has 0 atom stereocenters. The molecule has 0 spiro atoms. The monoisotopic (exact) mass is 352 g/mol. The minimum absolute atomic E-state index is 0.242. The number of carbonyl (C=O) groups is 1. The molecule has 5 nitrogen and oxygen atoms in total. The topological polar surface area (TPSA) is 49.3 Å². The van der Waals surface area contributed by atoms with Gasteiger partial charge in [0.05, 0.1) is 12.2 Å². The van der Waals surface area contributed by atoms with Crippen LogP contribution < -0.4 is 4.90 Å². The van der Waals surface area contributed by atoms with Gasteiger partial charge in [0.25, 0.3) is 0 Å². The maximum absolute atomic E-state index is 12.6. The van der Waals surface area contributed by atoms with Crippen molar-refractivity contribution in [2.75, 3.05) is 25.5 Å². The fourth-order valence-electron chi connectivity index (χ4n) is 3.52. The Labute approximate surface area is 156 Å². The summed E-state index contributed by atoms with van der Waals surface area (Å²) in [7, 11) is 4.01. The molecule has 3 rings (SSSR count). The van der Waals surface area contributed by atoms with Gasteiger partial charge in [0.1, 0.15) is 11.6 Å². The van der Waals surface area contributed by atoms with Crippen LogP contribution >= 0.6 is 0 Å². The summed E-state index contributed by atoms with van der Waals surface area (Å²) in [6.45, 7) is 3.28. The summed E-state index contributed by atoms with van der Waals surface area (Å²) < 4.78 is 0. The second kappa shape index (κ2) is 8.30. The lowest BCUT2D eigenvalue weighted by atomic mass is 10.0. The first-order chi connectivity index (χ1) is 12.5. The fraction of sp³-hybridized carbons (Fsp3) is 0.476. The Morgan fingerprint density at radius 2 is 1.92 bits per heavy atom. The van der Waals surface area contributed by atoms with Gasteiger partial charge in [-0.05, 0) is 38.2 Å². The smallest absolute Gasteiger partial charge is 0.222 e. The van der Waals surface area contributed by atoms with Crippen LogP contribution in [-0.4, -0.2) is 41.4 Å². The largest absolute Gasteiger partial charge is 0.362 e. The van der Waals surface area contributed by atoms with E-state index in [0.29, 0.717) is 13.0 Å². The van der Waals surface area contributed by atoms with Crippen molar-refractivity contribution < 1.29 is 4.79 Å². The SMILES string of the molecule is Cc1nc2c(c(N(C)C)n1)CCN(C(=O)CCCCc1ccccc1)C2. The second-order valence-corrected chi connectivity index (χ2v) is 7.17. The molecule has 0 N–H and O–H groups in total. The summed E-state index contributed by atoms with van der Waals surface area (Å²) in [4.78, 5) is 25.7. The molecule has 2 aromatic rings. The lowest BCUT2D eigenvalue weighted by Gasteiger charge is -2.30. The van der Waals surface area contributed by atoms with Crippen molar-refractivity contribution in [1.82, 2.24) is 14.9 Å². The van der Waals surface area contributed by atoms with Crippen LogP contribution in [0.15, 0.2) is 30.3 Å². The zero-order valence-electron chi connectivity index (χ0n) is 16.0. The van der Waals surface area contributed by atoms with Crippen molar-refractivity contribution in [3.63, 3.8) is 0 Å². The molecule has 1 aromatic carbocycles. The van der Waals surface area contributed by atoms with Crippen molar-refractivity contribution in [2.45, 2.75) is 45.6 Å². The van der Waals surface area contributed by atoms with Crippen LogP contribution in [0, 0.1) is 6.92 Å². The molecule has 138 valence electrons. The quantitative estimate of drug-likeness (QED) is 0.750. The Bertz CT molecular complexity index is 758. The third kappa shape index (κ3) is 4.40. The van der Waals surface area contributed by atoms with Gasteiger partial charge in [-0.25, -0.2) is 9.97 Å². The molecule has 1 aliphatic heterocycles. The lowest BCUT2D eigenvalue weighted by Crippen LogP contribution is -2.37. The molecular formula is C21H28N4O. The standard InChI is InChI=1S/C21H28N4O/c1-16-22-19-15-25(14-13-18(19)21(23-16)24(2)3)20(26)12-8-7-11-17-9-5-4-6-10-17/h4-6,9-10H,7-8,11-15H2,1-3H3. The normalized spacial score (nSPS) is 13.4. The van der Waals surface area contributed by atoms with Gasteiger partial charge in [-0.15, -0.1) is 0 Å². The van der Waals surface area contributed by atoms with Crippen LogP contribution in [0.1, 0.15) is 41.9 Å². The number of unbranched alkanes of at least 4 members (excludes halogenated alkanes) is 1. The molecule has 2 heterocycles. The number of benzene rings is 1. The molecule has 0 saturated carbocycles. The maximum Gasteiger partial charge on any atom is 0.222 e. The van der Waals surface area contributed by atoms with Crippen molar-refractivity contribution in [3.8, 4) is 0 Å². The predicted octanol–water partition coefficient (Wildman–Crippen LogP) is 3.15. The van der Waals surface area contributed by atoms with Crippen molar-refractivity contribution in [3.05, 3.63) is 53.0 Å². The summed E-state index contributed by atoms with van der Waals surface area (Å²) in [5, 5.41) is 0. The highest BCUT2D eigenvalue weighted by Crippen LogP contribution is 2.25. The Balaban J connectivity index is 1.54. The average molecular weight is 352 g/mol. The molecule has 0 saturated heterocycles. The number of hydrogen-bond donors (Lipinski definition) is 0. The third-order valence-corrected chi connectivity index (χ3v) is 4.88. The summed E-state index contributed by atoms with van der Waals surface area (Å²) in [6.07, 6.45) is 4.47. The number of aromatic nitrogens is 2. The van der Waals surface area contributed by atoms with Gasteiger partial charge in [-0.1, -0.05) is 30.3 Å². The number of carbonyl (C=O) groups excluding carboxylic acids is 1. The van der Waals surface area contributed by atoms with Gasteiger partial charge in [0.15, 0.2) is 0 Å². The summed E-state index contributed by atoms with van der Waals surface area (Å²) in [5.41, 5.74) is 3.54. The lowest BCUT2D eigenvalue weighted by molar-refractivity contribution is -0.132. The molecular weight excluding hydrogens is 324 g/mol. The number of fused-ring (bicyclic) bond motifs is 1. The van der Waals surface area contributed by atoms with Crippen LogP contribution in [0.25, 0.3) is 0 Å². The Kier molecular flexibility index (Phi) is 5.86. The minimum Gasteiger partial charge on any atom is -0.362 e. The summed E-state index contributed by atoms with van der Waals surface area (Å²) in [6, 6.07) is 10.5. The van der Waals surface area contributed by atoms with Crippen LogP contribution in [-0.2, 0) is 24.2 Å². The van der Waals surface area contributed by atoms with Crippen LogP contribution in [0.2, 0.25) is 0 Å². The molecule has 0 unspecified atom stereocenters. The Morgan fingerprint density at radius 1 is 1.15 bits per heavy atom. The number of anilines is 1. The number of nitrogens with zero attached hydrogens (tertiary/aromatic N) is 4. The van der Waals surface area contributed by atoms with E-state index in [1.807, 2.05) is 36.9 Å². The highest BCUT2D eigenvalue weighted by Gasteiger charge is 2.25. The molecule has 5 heteroatoms. The second-order valence-electron chi connectivity index (χ2n) is 7.17. The molecule has 0 fully saturated rings. The van der Waals surface area contributed by atoms with Gasteiger partial charge in [-0.2, -0.15) is 0 Å². The highest BCUT2D eigenvalue weighted by molar-refractivity contribution is 5.76. The molecule has 0 bridgehead atoms. The zero-order chi connectivity index (χ0) is 18.5. The van der Waals surface area contributed by atoms with Crippen LogP contribution in [0.5, 0.6) is 0 Å². The van der Waals surface area contributed by atoms with Gasteiger partial charge < -0.3 is 9.80 Å². The van der Waals surface area contributed by atoms with Crippen LogP contribution in [0.3, 0.4) is 0 Å². The van der Waals surface area contributed by atoms with Crippen molar-refractivity contribution >= 4 is 11.7 Å². The third-order valence-electron chi connectivity index (χ3n) is 4.88. The fourth-order valence-corrected chi connectivity index (χ4v) is 3.52. The van der Waals surface area contributed by atoms with Crippen LogP contribution in [0.4, 0.5) is 5.82 Å². The molecule has 1 aliphatic rings. The van der Waals surface area contributed by atoms with E-state index in [4.69, 9.17) is 0 Å². The first kappa shape index (κ1) is 18.4. The van der Waals surface area contributed by atoms with Gasteiger partial charge in [0, 0.05) is 32.6 Å². The first-order valence-corrected chi connectivity index (χ1v) is 9.40. The van der Waals surface area contributed by atoms with Gasteiger partial charge in [0.2, 0.25) is 5.91 Å². The van der Waals surface area contributed by atoms with Crippen molar-refractivity contribution in [1.29, 1.82) is 0 Å². The van der Waals surface area contributed by atoms with E-state index in [9.17, 15) is 4.79 Å². The van der Waals surface area contributed by atoms with Crippen molar-refractivity contribution in [2.24, 2.45) is 0 Å². The highest BCUT2D eigenvalue weighted by atomic mass is 16.2. The van der Waals surface area contributed by atoms with E-state index in [-0.39, 0.29) is 5.91 Å². The average Bonchev–Trinajstić information content (AvgIpc) is 2.64. The van der Waals surface area contributed by atoms with E-state index in [2.05, 4.69) is 34.2 Å². The predicted molar refractivity (Wildman–Crippen MR) is 104 cm³/mol. The number of rotatable bonds is 6. The van der Waals surface area contributed by atoms with E-state index < -0.39 is 0 Å². The van der Waals surface area contributed by atoms with E-state index in [0.717, 1.165) is 49.6 Å². The van der Waals surface area contributed by atoms with E-state index in [1.165, 1.54) is 11.1 Å². The number of amides is 1. The molecule has 0 radical (unpaired) electrons. The van der Waals surface area contributed by atoms with E-state index >= 15 is 0 Å². The molecule has 1 amide bonds. The van der Waals surface area contributed by atoms with Gasteiger partial charge in [-0.3, -0.25) is 4.79 Å². The zero-order valence-corrected chi connectivity index (χ0v) is 16.0. The minimum atomic E-state index is 0.242. The Hall–Kier alpha value is -2.43. The summed E-state index contributed by atoms with van der Waals surface area (Å²) in [5.74, 6) is 2.00. The summed E-state index contributed by atoms with van der Waals surface area (Å²) >= 11 is 0. The van der Waals surface area contributed by atoms with Gasteiger partial charge >= 0.3 is 0 Å². The molecule has 0 aliphatic carbocycles. The Morgan fingerprint density at radius 3 is 2.65 bits per heavy atom. The molecule has 26 heavy (non-hydrogen) atoms. The number of hydrogen-bond acceptors (Lipinski definition) is 4. The number of aryl methyl sites for hydroxylation is 2. The van der Waals surface area contributed by atoms with E-state index in [1.54, 1.807) is 0 Å². The first-order valence-electron chi connectivity index (χ1n) is 9.40.